The molecule has 0 atom stereocenters. The number of rotatable bonds is 2. The molecule has 0 aliphatic rings. The molecule has 15 heavy (non-hydrogen) atoms. The molecule has 1 aromatic carbocycles. The number of carbonyl (C=O) groups is 1. The van der Waals surface area contributed by atoms with Crippen LogP contribution in [0.25, 0.3) is 0 Å². The Hall–Kier alpha value is -1.31. The van der Waals surface area contributed by atoms with E-state index in [0.717, 1.165) is 11.8 Å². The lowest BCUT2D eigenvalue weighted by Crippen LogP contribution is -2.09. The monoisotopic (exact) mass is 207 g/mol. The van der Waals surface area contributed by atoms with E-state index in [1.165, 1.54) is 0 Å². The van der Waals surface area contributed by atoms with Crippen LogP contribution in [-0.2, 0) is 0 Å². The third-order valence-corrected chi connectivity index (χ3v) is 2.39. The predicted molar refractivity (Wildman–Crippen MR) is 64.6 cm³/mol. The Bertz CT molecular complexity index is 272. The average molecular weight is 207 g/mol. The van der Waals surface area contributed by atoms with Crippen LogP contribution in [0.5, 0.6) is 0 Å². The predicted octanol–water partition coefficient (Wildman–Crippen LogP) is 3.08. The van der Waals surface area contributed by atoms with E-state index in [2.05, 4.69) is 27.7 Å². The molecular formula is C13H21NO. The SMILES string of the molecule is CC(C)C(C)C.NC(=O)c1ccccc1. The van der Waals surface area contributed by atoms with Crippen molar-refractivity contribution in [2.45, 2.75) is 27.7 Å². The van der Waals surface area contributed by atoms with E-state index in [9.17, 15) is 4.79 Å². The molecule has 0 aliphatic carbocycles. The summed E-state index contributed by atoms with van der Waals surface area (Å²) >= 11 is 0. The first kappa shape index (κ1) is 13.7. The van der Waals surface area contributed by atoms with E-state index in [-0.39, 0.29) is 5.91 Å². The summed E-state index contributed by atoms with van der Waals surface area (Å²) < 4.78 is 0. The molecule has 0 aromatic heterocycles. The fourth-order valence-electron chi connectivity index (χ4n) is 0.602. The molecule has 0 spiro atoms. The fourth-order valence-corrected chi connectivity index (χ4v) is 0.602. The highest BCUT2D eigenvalue weighted by atomic mass is 16.1. The minimum atomic E-state index is -0.379. The molecule has 0 bridgehead atoms. The largest absolute Gasteiger partial charge is 0.366 e. The summed E-state index contributed by atoms with van der Waals surface area (Å²) in [6.45, 7) is 8.96. The molecule has 2 N–H and O–H groups in total. The number of hydrogen-bond acceptors (Lipinski definition) is 1. The quantitative estimate of drug-likeness (QED) is 0.795. The van der Waals surface area contributed by atoms with Crippen molar-refractivity contribution in [2.24, 2.45) is 17.6 Å². The second kappa shape index (κ2) is 7.04. The van der Waals surface area contributed by atoms with E-state index in [0.29, 0.717) is 5.56 Å². The van der Waals surface area contributed by atoms with E-state index in [1.807, 2.05) is 6.07 Å². The summed E-state index contributed by atoms with van der Waals surface area (Å²) in [6.07, 6.45) is 0. The summed E-state index contributed by atoms with van der Waals surface area (Å²) in [7, 11) is 0. The van der Waals surface area contributed by atoms with Gasteiger partial charge in [-0.15, -0.1) is 0 Å². The first-order chi connectivity index (χ1) is 6.95. The van der Waals surface area contributed by atoms with Crippen molar-refractivity contribution in [1.82, 2.24) is 0 Å². The van der Waals surface area contributed by atoms with Gasteiger partial charge in [-0.05, 0) is 24.0 Å². The van der Waals surface area contributed by atoms with E-state index >= 15 is 0 Å². The molecule has 1 aromatic rings. The van der Waals surface area contributed by atoms with Crippen molar-refractivity contribution in [3.8, 4) is 0 Å². The van der Waals surface area contributed by atoms with E-state index in [4.69, 9.17) is 5.73 Å². The maximum absolute atomic E-state index is 10.4. The molecule has 2 nitrogen and oxygen atoms in total. The molecule has 0 aliphatic heterocycles. The van der Waals surface area contributed by atoms with Crippen LogP contribution in [0.15, 0.2) is 30.3 Å². The normalized spacial score (nSPS) is 9.73. The highest BCUT2D eigenvalue weighted by molar-refractivity contribution is 5.92. The number of hydrogen-bond donors (Lipinski definition) is 1. The molecule has 0 radical (unpaired) electrons. The van der Waals surface area contributed by atoms with Crippen molar-refractivity contribution in [3.63, 3.8) is 0 Å². The maximum Gasteiger partial charge on any atom is 0.248 e. The van der Waals surface area contributed by atoms with Gasteiger partial charge in [0.05, 0.1) is 0 Å². The van der Waals surface area contributed by atoms with Gasteiger partial charge in [0, 0.05) is 5.56 Å². The van der Waals surface area contributed by atoms with Crippen LogP contribution in [0.4, 0.5) is 0 Å². The fraction of sp³-hybridized carbons (Fsp3) is 0.462. The van der Waals surface area contributed by atoms with Crippen LogP contribution in [0, 0.1) is 11.8 Å². The summed E-state index contributed by atoms with van der Waals surface area (Å²) in [5.74, 6) is 1.32. The van der Waals surface area contributed by atoms with Crippen LogP contribution >= 0.6 is 0 Å². The van der Waals surface area contributed by atoms with Gasteiger partial charge < -0.3 is 5.73 Å². The minimum absolute atomic E-state index is 0.379. The summed E-state index contributed by atoms with van der Waals surface area (Å²) in [4.78, 5) is 10.4. The molecule has 2 heteroatoms. The van der Waals surface area contributed by atoms with Gasteiger partial charge in [-0.2, -0.15) is 0 Å². The smallest absolute Gasteiger partial charge is 0.248 e. The Kier molecular flexibility index (Phi) is 6.43. The first-order valence-corrected chi connectivity index (χ1v) is 5.30. The third kappa shape index (κ3) is 6.72. The van der Waals surface area contributed by atoms with Crippen LogP contribution in [0.3, 0.4) is 0 Å². The second-order valence-corrected chi connectivity index (χ2v) is 4.22. The molecule has 0 heterocycles. The highest BCUT2D eigenvalue weighted by Crippen LogP contribution is 2.05. The van der Waals surface area contributed by atoms with E-state index < -0.39 is 0 Å². The van der Waals surface area contributed by atoms with Crippen LogP contribution in [0.1, 0.15) is 38.1 Å². The molecule has 0 saturated carbocycles. The van der Waals surface area contributed by atoms with Crippen LogP contribution in [0.2, 0.25) is 0 Å². The molecule has 0 saturated heterocycles. The minimum Gasteiger partial charge on any atom is -0.366 e. The third-order valence-electron chi connectivity index (χ3n) is 2.39. The van der Waals surface area contributed by atoms with Gasteiger partial charge in [0.15, 0.2) is 0 Å². The number of benzene rings is 1. The van der Waals surface area contributed by atoms with Gasteiger partial charge in [-0.3, -0.25) is 4.79 Å². The number of primary amides is 1. The Morgan fingerprint density at radius 3 is 1.60 bits per heavy atom. The zero-order valence-corrected chi connectivity index (χ0v) is 10.0. The summed E-state index contributed by atoms with van der Waals surface area (Å²) in [5.41, 5.74) is 5.53. The molecule has 1 rings (SSSR count). The van der Waals surface area contributed by atoms with Crippen LogP contribution in [-0.4, -0.2) is 5.91 Å². The van der Waals surface area contributed by atoms with Crippen molar-refractivity contribution in [1.29, 1.82) is 0 Å². The van der Waals surface area contributed by atoms with Gasteiger partial charge in [0.1, 0.15) is 0 Å². The number of amides is 1. The van der Waals surface area contributed by atoms with Gasteiger partial charge in [0.2, 0.25) is 5.91 Å². The van der Waals surface area contributed by atoms with Crippen molar-refractivity contribution in [3.05, 3.63) is 35.9 Å². The lowest BCUT2D eigenvalue weighted by molar-refractivity contribution is 0.100. The number of carbonyl (C=O) groups excluding carboxylic acids is 1. The van der Waals surface area contributed by atoms with Gasteiger partial charge >= 0.3 is 0 Å². The Balaban J connectivity index is 0.000000288. The second-order valence-electron chi connectivity index (χ2n) is 4.22. The lowest BCUT2D eigenvalue weighted by Gasteiger charge is -2.05. The lowest BCUT2D eigenvalue weighted by atomic mass is 10.0. The summed E-state index contributed by atoms with van der Waals surface area (Å²) in [5, 5.41) is 0. The molecular weight excluding hydrogens is 186 g/mol. The zero-order chi connectivity index (χ0) is 11.8. The first-order valence-electron chi connectivity index (χ1n) is 5.30. The number of nitrogens with two attached hydrogens (primary N) is 1. The van der Waals surface area contributed by atoms with Gasteiger partial charge in [-0.25, -0.2) is 0 Å². The average Bonchev–Trinajstić information content (AvgIpc) is 2.20. The molecule has 1 amide bonds. The Morgan fingerprint density at radius 2 is 1.40 bits per heavy atom. The molecule has 0 unspecified atom stereocenters. The zero-order valence-electron chi connectivity index (χ0n) is 10.0. The van der Waals surface area contributed by atoms with E-state index in [1.54, 1.807) is 24.3 Å². The van der Waals surface area contributed by atoms with Crippen molar-refractivity contribution in [2.75, 3.05) is 0 Å². The Morgan fingerprint density at radius 1 is 1.00 bits per heavy atom. The van der Waals surface area contributed by atoms with Crippen LogP contribution < -0.4 is 5.73 Å². The highest BCUT2D eigenvalue weighted by Gasteiger charge is 1.95. The molecule has 84 valence electrons. The summed E-state index contributed by atoms with van der Waals surface area (Å²) in [6, 6.07) is 8.76. The standard InChI is InChI=1S/C7H7NO.C6H14/c8-7(9)6-4-2-1-3-5-6;1-5(2)6(3)4/h1-5H,(H2,8,9);5-6H,1-4H3. The van der Waals surface area contributed by atoms with Crippen molar-refractivity contribution < 1.29 is 4.79 Å². The van der Waals surface area contributed by atoms with Crippen molar-refractivity contribution >= 4 is 5.91 Å². The van der Waals surface area contributed by atoms with Gasteiger partial charge in [-0.1, -0.05) is 45.9 Å². The topological polar surface area (TPSA) is 43.1 Å². The maximum atomic E-state index is 10.4. The molecule has 0 fully saturated rings. The van der Waals surface area contributed by atoms with Gasteiger partial charge in [0.25, 0.3) is 0 Å². The Labute approximate surface area is 92.5 Å².